The molecule has 1 aromatic carbocycles. The van der Waals surface area contributed by atoms with Gasteiger partial charge in [0.25, 0.3) is 0 Å². The molecule has 19 heavy (non-hydrogen) atoms. The maximum atomic E-state index is 12.3. The van der Waals surface area contributed by atoms with Crippen molar-refractivity contribution in [2.45, 2.75) is 38.5 Å². The standard InChI is InChI=1S/C14H16F3NO/c1-9(8-14(15,16)17)18-10(2)13-7-11-5-3-4-6-12(11)19-13/h3-7,9-10,18H,8H2,1-2H3. The van der Waals surface area contributed by atoms with Gasteiger partial charge >= 0.3 is 6.18 Å². The summed E-state index contributed by atoms with van der Waals surface area (Å²) in [6, 6.07) is 8.45. The Hall–Kier alpha value is -1.49. The molecule has 0 bridgehead atoms. The average molecular weight is 271 g/mol. The predicted molar refractivity (Wildman–Crippen MR) is 67.9 cm³/mol. The molecule has 2 rings (SSSR count). The van der Waals surface area contributed by atoms with E-state index in [1.165, 1.54) is 6.92 Å². The van der Waals surface area contributed by atoms with Gasteiger partial charge in [0.2, 0.25) is 0 Å². The molecular weight excluding hydrogens is 255 g/mol. The van der Waals surface area contributed by atoms with Crippen LogP contribution in [0.5, 0.6) is 0 Å². The number of halogens is 3. The van der Waals surface area contributed by atoms with Gasteiger partial charge in [-0.25, -0.2) is 0 Å². The van der Waals surface area contributed by atoms with Crippen LogP contribution in [0.15, 0.2) is 34.7 Å². The molecule has 0 aliphatic rings. The van der Waals surface area contributed by atoms with Gasteiger partial charge in [-0.3, -0.25) is 0 Å². The van der Waals surface area contributed by atoms with Gasteiger partial charge in [0.05, 0.1) is 12.5 Å². The summed E-state index contributed by atoms with van der Waals surface area (Å²) < 4.78 is 42.4. The first kappa shape index (κ1) is 13.9. The lowest BCUT2D eigenvalue weighted by atomic mass is 10.1. The van der Waals surface area contributed by atoms with Crippen LogP contribution < -0.4 is 5.32 Å². The molecule has 0 fully saturated rings. The van der Waals surface area contributed by atoms with Crippen LogP contribution in [-0.4, -0.2) is 12.2 Å². The lowest BCUT2D eigenvalue weighted by Crippen LogP contribution is -2.32. The zero-order valence-electron chi connectivity index (χ0n) is 10.8. The van der Waals surface area contributed by atoms with Gasteiger partial charge in [-0.1, -0.05) is 18.2 Å². The molecule has 0 saturated heterocycles. The number of para-hydroxylation sites is 1. The van der Waals surface area contributed by atoms with Crippen molar-refractivity contribution in [1.29, 1.82) is 0 Å². The molecule has 0 radical (unpaired) electrons. The van der Waals surface area contributed by atoms with Gasteiger partial charge in [-0.15, -0.1) is 0 Å². The molecule has 0 saturated carbocycles. The molecule has 0 amide bonds. The van der Waals surface area contributed by atoms with Crippen LogP contribution in [0.1, 0.15) is 32.1 Å². The van der Waals surface area contributed by atoms with E-state index in [-0.39, 0.29) is 6.04 Å². The quantitative estimate of drug-likeness (QED) is 0.890. The van der Waals surface area contributed by atoms with E-state index in [1.807, 2.05) is 30.3 Å². The van der Waals surface area contributed by atoms with Crippen molar-refractivity contribution in [1.82, 2.24) is 5.32 Å². The van der Waals surface area contributed by atoms with E-state index in [9.17, 15) is 13.2 Å². The highest BCUT2D eigenvalue weighted by Gasteiger charge is 2.30. The fourth-order valence-electron chi connectivity index (χ4n) is 2.13. The first-order valence-corrected chi connectivity index (χ1v) is 6.16. The lowest BCUT2D eigenvalue weighted by Gasteiger charge is -2.19. The SMILES string of the molecule is CC(CC(F)(F)F)NC(C)c1cc2ccccc2o1. The number of hydrogen-bond acceptors (Lipinski definition) is 2. The van der Waals surface area contributed by atoms with Gasteiger partial charge in [-0.05, 0) is 26.0 Å². The molecule has 0 spiro atoms. The molecule has 0 aliphatic heterocycles. The Morgan fingerprint density at radius 2 is 1.89 bits per heavy atom. The smallest absolute Gasteiger partial charge is 0.390 e. The van der Waals surface area contributed by atoms with E-state index in [1.54, 1.807) is 6.92 Å². The first-order chi connectivity index (χ1) is 8.85. The molecule has 1 heterocycles. The second kappa shape index (κ2) is 5.25. The predicted octanol–water partition coefficient (Wildman–Crippen LogP) is 4.42. The summed E-state index contributed by atoms with van der Waals surface area (Å²) >= 11 is 0. The maximum absolute atomic E-state index is 12.3. The van der Waals surface area contributed by atoms with Crippen LogP contribution >= 0.6 is 0 Å². The summed E-state index contributed by atoms with van der Waals surface area (Å²) in [5.41, 5.74) is 0.745. The van der Waals surface area contributed by atoms with Gasteiger partial charge in [0, 0.05) is 11.4 Å². The van der Waals surface area contributed by atoms with Crippen molar-refractivity contribution < 1.29 is 17.6 Å². The van der Waals surface area contributed by atoms with Crippen molar-refractivity contribution in [3.05, 3.63) is 36.1 Å². The number of alkyl halides is 3. The van der Waals surface area contributed by atoms with Gasteiger partial charge in [0.1, 0.15) is 11.3 Å². The topological polar surface area (TPSA) is 25.2 Å². The average Bonchev–Trinajstić information content (AvgIpc) is 2.69. The van der Waals surface area contributed by atoms with Crippen LogP contribution in [-0.2, 0) is 0 Å². The third-order valence-electron chi connectivity index (χ3n) is 2.94. The Morgan fingerprint density at radius 1 is 1.21 bits per heavy atom. The Balaban J connectivity index is 2.05. The highest BCUT2D eigenvalue weighted by Crippen LogP contribution is 2.26. The molecule has 1 aromatic heterocycles. The largest absolute Gasteiger partial charge is 0.459 e. The second-order valence-electron chi connectivity index (χ2n) is 4.80. The third kappa shape index (κ3) is 3.73. The van der Waals surface area contributed by atoms with Crippen LogP contribution in [0.2, 0.25) is 0 Å². The summed E-state index contributed by atoms with van der Waals surface area (Å²) in [5.74, 6) is 0.648. The molecule has 1 N–H and O–H groups in total. The minimum Gasteiger partial charge on any atom is -0.459 e. The number of rotatable bonds is 4. The van der Waals surface area contributed by atoms with Gasteiger partial charge in [-0.2, -0.15) is 13.2 Å². The summed E-state index contributed by atoms with van der Waals surface area (Å²) in [7, 11) is 0. The van der Waals surface area contributed by atoms with Crippen molar-refractivity contribution in [3.8, 4) is 0 Å². The van der Waals surface area contributed by atoms with Crippen molar-refractivity contribution in [2.75, 3.05) is 0 Å². The van der Waals surface area contributed by atoms with E-state index >= 15 is 0 Å². The first-order valence-electron chi connectivity index (χ1n) is 6.16. The number of nitrogens with one attached hydrogen (secondary N) is 1. The molecular formula is C14H16F3NO. The fraction of sp³-hybridized carbons (Fsp3) is 0.429. The maximum Gasteiger partial charge on any atom is 0.390 e. The Kier molecular flexibility index (Phi) is 3.85. The van der Waals surface area contributed by atoms with E-state index in [2.05, 4.69) is 5.32 Å². The van der Waals surface area contributed by atoms with Crippen LogP contribution in [0.3, 0.4) is 0 Å². The van der Waals surface area contributed by atoms with Crippen molar-refractivity contribution >= 4 is 11.0 Å². The number of hydrogen-bond donors (Lipinski definition) is 1. The normalized spacial score (nSPS) is 15.6. The fourth-order valence-corrected chi connectivity index (χ4v) is 2.13. The third-order valence-corrected chi connectivity index (χ3v) is 2.94. The highest BCUT2D eigenvalue weighted by atomic mass is 19.4. The van der Waals surface area contributed by atoms with Crippen molar-refractivity contribution in [2.24, 2.45) is 0 Å². The van der Waals surface area contributed by atoms with Gasteiger partial charge < -0.3 is 9.73 Å². The molecule has 0 aliphatic carbocycles. The van der Waals surface area contributed by atoms with E-state index in [4.69, 9.17) is 4.42 Å². The Morgan fingerprint density at radius 3 is 2.53 bits per heavy atom. The van der Waals surface area contributed by atoms with Crippen LogP contribution in [0.4, 0.5) is 13.2 Å². The van der Waals surface area contributed by atoms with Crippen molar-refractivity contribution in [3.63, 3.8) is 0 Å². The highest BCUT2D eigenvalue weighted by molar-refractivity contribution is 5.77. The van der Waals surface area contributed by atoms with E-state index in [0.717, 1.165) is 11.0 Å². The monoisotopic (exact) mass is 271 g/mol. The zero-order chi connectivity index (χ0) is 14.0. The number of fused-ring (bicyclic) bond motifs is 1. The lowest BCUT2D eigenvalue weighted by molar-refractivity contribution is -0.139. The minimum absolute atomic E-state index is 0.259. The summed E-state index contributed by atoms with van der Waals surface area (Å²) in [6.07, 6.45) is -5.00. The molecule has 5 heteroatoms. The number of furan rings is 1. The molecule has 2 nitrogen and oxygen atoms in total. The molecule has 2 atom stereocenters. The Bertz CT molecular complexity index is 514. The second-order valence-corrected chi connectivity index (χ2v) is 4.80. The van der Waals surface area contributed by atoms with E-state index < -0.39 is 18.6 Å². The molecule has 2 unspecified atom stereocenters. The summed E-state index contributed by atoms with van der Waals surface area (Å²) in [4.78, 5) is 0. The van der Waals surface area contributed by atoms with Crippen LogP contribution in [0.25, 0.3) is 11.0 Å². The minimum atomic E-state index is -4.15. The zero-order valence-corrected chi connectivity index (χ0v) is 10.8. The molecule has 2 aromatic rings. The molecule has 104 valence electrons. The Labute approximate surface area is 109 Å². The van der Waals surface area contributed by atoms with Crippen LogP contribution in [0, 0.1) is 0 Å². The van der Waals surface area contributed by atoms with Gasteiger partial charge in [0.15, 0.2) is 0 Å². The summed E-state index contributed by atoms with van der Waals surface area (Å²) in [5, 5.41) is 3.85. The summed E-state index contributed by atoms with van der Waals surface area (Å²) in [6.45, 7) is 3.32. The van der Waals surface area contributed by atoms with E-state index in [0.29, 0.717) is 5.76 Å². The number of benzene rings is 1.